The third-order valence-corrected chi connectivity index (χ3v) is 6.12. The van der Waals surface area contributed by atoms with Gasteiger partial charge in [-0.25, -0.2) is 0 Å². The molecular formula is C23H28N2O2. The predicted octanol–water partition coefficient (Wildman–Crippen LogP) is 3.14. The molecule has 0 radical (unpaired) electrons. The first-order valence-corrected chi connectivity index (χ1v) is 10.0. The van der Waals surface area contributed by atoms with Crippen molar-refractivity contribution in [3.8, 4) is 0 Å². The van der Waals surface area contributed by atoms with Crippen LogP contribution in [0.3, 0.4) is 0 Å². The summed E-state index contributed by atoms with van der Waals surface area (Å²) in [6, 6.07) is 20.2. The number of carbonyl (C=O) groups excluding carboxylic acids is 1. The van der Waals surface area contributed by atoms with Crippen molar-refractivity contribution in [3.05, 3.63) is 71.8 Å². The van der Waals surface area contributed by atoms with Gasteiger partial charge in [0.2, 0.25) is 0 Å². The van der Waals surface area contributed by atoms with Gasteiger partial charge in [0.05, 0.1) is 12.1 Å². The van der Waals surface area contributed by atoms with Gasteiger partial charge < -0.3 is 10.0 Å². The van der Waals surface area contributed by atoms with Crippen LogP contribution in [0.5, 0.6) is 0 Å². The van der Waals surface area contributed by atoms with Gasteiger partial charge in [0, 0.05) is 18.7 Å². The van der Waals surface area contributed by atoms with Gasteiger partial charge >= 0.3 is 0 Å². The van der Waals surface area contributed by atoms with Crippen molar-refractivity contribution < 1.29 is 9.90 Å². The van der Waals surface area contributed by atoms with Gasteiger partial charge in [-0.05, 0) is 56.0 Å². The lowest BCUT2D eigenvalue weighted by atomic mass is 9.88. The molecule has 27 heavy (non-hydrogen) atoms. The van der Waals surface area contributed by atoms with Crippen molar-refractivity contribution in [1.29, 1.82) is 0 Å². The van der Waals surface area contributed by atoms with E-state index in [-0.39, 0.29) is 18.1 Å². The number of rotatable bonds is 3. The summed E-state index contributed by atoms with van der Waals surface area (Å²) < 4.78 is 0. The molecule has 0 spiro atoms. The largest absolute Gasteiger partial charge is 0.391 e. The molecule has 2 fully saturated rings. The maximum absolute atomic E-state index is 12.8. The Morgan fingerprint density at radius 2 is 1.48 bits per heavy atom. The molecule has 2 aliphatic rings. The summed E-state index contributed by atoms with van der Waals surface area (Å²) in [6.07, 6.45) is 2.53. The zero-order valence-electron chi connectivity index (χ0n) is 15.7. The summed E-state index contributed by atoms with van der Waals surface area (Å²) in [4.78, 5) is 17.1. The van der Waals surface area contributed by atoms with Crippen LogP contribution in [-0.4, -0.2) is 59.1 Å². The third-order valence-electron chi connectivity index (χ3n) is 6.12. The zero-order chi connectivity index (χ0) is 18.6. The van der Waals surface area contributed by atoms with Crippen LogP contribution in [0, 0.1) is 0 Å². The molecule has 2 aromatic carbocycles. The Hall–Kier alpha value is -2.17. The first-order chi connectivity index (χ1) is 13.2. The molecule has 1 amide bonds. The van der Waals surface area contributed by atoms with Gasteiger partial charge in [-0.2, -0.15) is 0 Å². The fourth-order valence-electron chi connectivity index (χ4n) is 4.52. The molecule has 2 heterocycles. The molecule has 2 aliphatic heterocycles. The molecule has 142 valence electrons. The molecule has 2 atom stereocenters. The molecular weight excluding hydrogens is 336 g/mol. The minimum absolute atomic E-state index is 0.0446. The normalized spacial score (nSPS) is 24.7. The van der Waals surface area contributed by atoms with E-state index in [9.17, 15) is 9.90 Å². The van der Waals surface area contributed by atoms with Crippen LogP contribution in [0.25, 0.3) is 0 Å². The summed E-state index contributed by atoms with van der Waals surface area (Å²) in [7, 11) is 0. The van der Waals surface area contributed by atoms with E-state index in [0.29, 0.717) is 25.4 Å². The lowest BCUT2D eigenvalue weighted by molar-refractivity contribution is -0.0154. The average molecular weight is 364 g/mol. The second-order valence-electron chi connectivity index (χ2n) is 7.76. The number of nitrogens with zero attached hydrogens (tertiary/aromatic N) is 2. The molecule has 1 N–H and O–H groups in total. The molecule has 4 nitrogen and oxygen atoms in total. The van der Waals surface area contributed by atoms with Crippen molar-refractivity contribution in [2.45, 2.75) is 37.3 Å². The minimum Gasteiger partial charge on any atom is -0.391 e. The van der Waals surface area contributed by atoms with E-state index < -0.39 is 0 Å². The fourth-order valence-corrected chi connectivity index (χ4v) is 4.52. The molecule has 0 saturated carbocycles. The van der Waals surface area contributed by atoms with E-state index in [0.717, 1.165) is 31.5 Å². The predicted molar refractivity (Wildman–Crippen MR) is 107 cm³/mol. The molecule has 2 aromatic rings. The number of carbonyl (C=O) groups is 1. The van der Waals surface area contributed by atoms with Crippen LogP contribution in [0.15, 0.2) is 60.7 Å². The second kappa shape index (κ2) is 8.24. The molecule has 4 heteroatoms. The lowest BCUT2D eigenvalue weighted by Gasteiger charge is -2.44. The Morgan fingerprint density at radius 3 is 2.15 bits per heavy atom. The minimum atomic E-state index is -0.349. The van der Waals surface area contributed by atoms with E-state index in [1.807, 2.05) is 35.2 Å². The van der Waals surface area contributed by atoms with Crippen LogP contribution in [0.1, 0.15) is 41.1 Å². The van der Waals surface area contributed by atoms with Gasteiger partial charge in [-0.3, -0.25) is 9.69 Å². The number of amides is 1. The second-order valence-corrected chi connectivity index (χ2v) is 7.76. The number of likely N-dealkylation sites (tertiary alicyclic amines) is 2. The number of piperidine rings is 2. The standard InChI is InChI=1S/C23H28N2O2/c26-22-13-16-25(23(27)20-9-5-2-6-10-20)17-21(22)24-14-11-19(12-15-24)18-7-3-1-4-8-18/h1-10,19,21-22,26H,11-17H2/t21-,22-/m0/s1. The Balaban J connectivity index is 1.39. The highest BCUT2D eigenvalue weighted by atomic mass is 16.3. The number of aliphatic hydroxyl groups excluding tert-OH is 1. The monoisotopic (exact) mass is 364 g/mol. The number of hydrogen-bond acceptors (Lipinski definition) is 3. The van der Waals surface area contributed by atoms with Crippen LogP contribution in [-0.2, 0) is 0 Å². The van der Waals surface area contributed by atoms with Crippen LogP contribution < -0.4 is 0 Å². The van der Waals surface area contributed by atoms with Gasteiger partial charge in [0.1, 0.15) is 0 Å². The van der Waals surface area contributed by atoms with Gasteiger partial charge in [0.25, 0.3) is 5.91 Å². The van der Waals surface area contributed by atoms with Gasteiger partial charge in [-0.1, -0.05) is 48.5 Å². The molecule has 0 aliphatic carbocycles. The highest BCUT2D eigenvalue weighted by Gasteiger charge is 2.36. The maximum Gasteiger partial charge on any atom is 0.253 e. The Bertz CT molecular complexity index is 741. The quantitative estimate of drug-likeness (QED) is 0.910. The Labute approximate surface area is 161 Å². The van der Waals surface area contributed by atoms with Crippen LogP contribution in [0.4, 0.5) is 0 Å². The Morgan fingerprint density at radius 1 is 0.852 bits per heavy atom. The fraction of sp³-hybridized carbons (Fsp3) is 0.435. The zero-order valence-corrected chi connectivity index (χ0v) is 15.7. The summed E-state index contributed by atoms with van der Waals surface area (Å²) in [5, 5.41) is 10.6. The maximum atomic E-state index is 12.8. The summed E-state index contributed by atoms with van der Waals surface area (Å²) in [5.41, 5.74) is 2.15. The number of aliphatic hydroxyl groups is 1. The first kappa shape index (κ1) is 18.2. The van der Waals surface area contributed by atoms with E-state index in [2.05, 4.69) is 35.2 Å². The van der Waals surface area contributed by atoms with E-state index in [4.69, 9.17) is 0 Å². The van der Waals surface area contributed by atoms with E-state index >= 15 is 0 Å². The Kier molecular flexibility index (Phi) is 5.55. The van der Waals surface area contributed by atoms with Crippen LogP contribution in [0.2, 0.25) is 0 Å². The molecule has 0 unspecified atom stereocenters. The molecule has 0 aromatic heterocycles. The van der Waals surface area contributed by atoms with Crippen molar-refractivity contribution >= 4 is 5.91 Å². The smallest absolute Gasteiger partial charge is 0.253 e. The lowest BCUT2D eigenvalue weighted by Crippen LogP contribution is -2.57. The molecule has 4 rings (SSSR count). The van der Waals surface area contributed by atoms with E-state index in [1.54, 1.807) is 0 Å². The number of benzene rings is 2. The SMILES string of the molecule is O=C(c1ccccc1)N1CC[C@H](O)[C@@H](N2CCC(c3ccccc3)CC2)C1. The molecule has 0 bridgehead atoms. The summed E-state index contributed by atoms with van der Waals surface area (Å²) in [5.74, 6) is 0.678. The topological polar surface area (TPSA) is 43.8 Å². The highest BCUT2D eigenvalue weighted by molar-refractivity contribution is 5.94. The average Bonchev–Trinajstić information content (AvgIpc) is 2.75. The van der Waals surface area contributed by atoms with Gasteiger partial charge in [-0.15, -0.1) is 0 Å². The van der Waals surface area contributed by atoms with Crippen molar-refractivity contribution in [3.63, 3.8) is 0 Å². The van der Waals surface area contributed by atoms with Crippen molar-refractivity contribution in [1.82, 2.24) is 9.80 Å². The van der Waals surface area contributed by atoms with E-state index in [1.165, 1.54) is 5.56 Å². The van der Waals surface area contributed by atoms with Crippen LogP contribution >= 0.6 is 0 Å². The summed E-state index contributed by atoms with van der Waals surface area (Å²) >= 11 is 0. The highest BCUT2D eigenvalue weighted by Crippen LogP contribution is 2.30. The molecule has 2 saturated heterocycles. The number of hydrogen-bond donors (Lipinski definition) is 1. The summed E-state index contributed by atoms with van der Waals surface area (Å²) in [6.45, 7) is 3.21. The third kappa shape index (κ3) is 4.07. The van der Waals surface area contributed by atoms with Crippen molar-refractivity contribution in [2.24, 2.45) is 0 Å². The van der Waals surface area contributed by atoms with Gasteiger partial charge in [0.15, 0.2) is 0 Å². The van der Waals surface area contributed by atoms with Crippen molar-refractivity contribution in [2.75, 3.05) is 26.2 Å². The first-order valence-electron chi connectivity index (χ1n) is 10.0.